The van der Waals surface area contributed by atoms with Gasteiger partial charge in [0, 0.05) is 17.2 Å². The number of imidazole rings is 1. The summed E-state index contributed by atoms with van der Waals surface area (Å²) in [7, 11) is 0. The number of halogens is 1. The van der Waals surface area contributed by atoms with Gasteiger partial charge in [-0.2, -0.15) is 5.10 Å². The second kappa shape index (κ2) is 8.26. The molecule has 1 N–H and O–H groups in total. The van der Waals surface area contributed by atoms with Crippen LogP contribution < -0.4 is 5.32 Å². The van der Waals surface area contributed by atoms with E-state index in [9.17, 15) is 9.18 Å². The fraction of sp³-hybridized carbons (Fsp3) is 0.148. The van der Waals surface area contributed by atoms with Crippen molar-refractivity contribution < 1.29 is 9.18 Å². The standard InChI is InChI=1S/C27H24FN5O/c1-27(2,3)33-25(16-22(31-33)18-8-5-4-6-9-18)30-26(34)19-12-13-24-23(14-19)29-17-32(24)21-11-7-10-20(28)15-21/h4-17H,1-3H3,(H,30,34). The van der Waals surface area contributed by atoms with Crippen molar-refractivity contribution in [2.75, 3.05) is 5.32 Å². The molecule has 1 amide bonds. The van der Waals surface area contributed by atoms with Gasteiger partial charge in [0.2, 0.25) is 0 Å². The fourth-order valence-corrected chi connectivity index (χ4v) is 3.91. The molecule has 0 radical (unpaired) electrons. The molecule has 0 saturated heterocycles. The molecule has 0 saturated carbocycles. The van der Waals surface area contributed by atoms with E-state index in [1.54, 1.807) is 29.1 Å². The highest BCUT2D eigenvalue weighted by Crippen LogP contribution is 2.28. The summed E-state index contributed by atoms with van der Waals surface area (Å²) in [6, 6.07) is 23.3. The molecule has 0 atom stereocenters. The minimum absolute atomic E-state index is 0.257. The van der Waals surface area contributed by atoms with Crippen molar-refractivity contribution in [3.8, 4) is 16.9 Å². The van der Waals surface area contributed by atoms with E-state index in [2.05, 4.69) is 10.3 Å². The maximum absolute atomic E-state index is 13.7. The van der Waals surface area contributed by atoms with E-state index < -0.39 is 0 Å². The van der Waals surface area contributed by atoms with Gasteiger partial charge >= 0.3 is 0 Å². The summed E-state index contributed by atoms with van der Waals surface area (Å²) >= 11 is 0. The first-order valence-corrected chi connectivity index (χ1v) is 11.0. The molecule has 0 aliphatic heterocycles. The van der Waals surface area contributed by atoms with Crippen LogP contribution in [-0.4, -0.2) is 25.2 Å². The first kappa shape index (κ1) is 21.6. The number of aromatic nitrogens is 4. The van der Waals surface area contributed by atoms with Crippen LogP contribution in [0.1, 0.15) is 31.1 Å². The van der Waals surface area contributed by atoms with Gasteiger partial charge in [0.05, 0.1) is 28.0 Å². The summed E-state index contributed by atoms with van der Waals surface area (Å²) in [6.45, 7) is 6.11. The Morgan fingerprint density at radius 1 is 0.941 bits per heavy atom. The van der Waals surface area contributed by atoms with Crippen LogP contribution in [0, 0.1) is 5.82 Å². The molecule has 0 aliphatic rings. The highest BCUT2D eigenvalue weighted by molar-refractivity contribution is 6.05. The zero-order valence-electron chi connectivity index (χ0n) is 19.2. The predicted octanol–water partition coefficient (Wildman–Crippen LogP) is 6.04. The van der Waals surface area contributed by atoms with E-state index >= 15 is 0 Å². The molecule has 2 aromatic heterocycles. The number of nitrogens with zero attached hydrogens (tertiary/aromatic N) is 4. The highest BCUT2D eigenvalue weighted by atomic mass is 19.1. The van der Waals surface area contributed by atoms with E-state index in [4.69, 9.17) is 5.10 Å². The smallest absolute Gasteiger partial charge is 0.256 e. The number of fused-ring (bicyclic) bond motifs is 1. The lowest BCUT2D eigenvalue weighted by Gasteiger charge is -2.22. The zero-order valence-corrected chi connectivity index (χ0v) is 19.2. The third-order valence-electron chi connectivity index (χ3n) is 5.55. The molecular formula is C27H24FN5O. The Morgan fingerprint density at radius 3 is 2.47 bits per heavy atom. The first-order chi connectivity index (χ1) is 16.3. The van der Waals surface area contributed by atoms with Crippen LogP contribution in [-0.2, 0) is 5.54 Å². The third-order valence-corrected chi connectivity index (χ3v) is 5.55. The average Bonchev–Trinajstić information content (AvgIpc) is 3.43. The van der Waals surface area contributed by atoms with Crippen molar-refractivity contribution >= 4 is 22.8 Å². The molecule has 2 heterocycles. The normalized spacial score (nSPS) is 11.6. The fourth-order valence-electron chi connectivity index (χ4n) is 3.91. The number of carbonyl (C=O) groups excluding carboxylic acids is 1. The Bertz CT molecular complexity index is 1490. The van der Waals surface area contributed by atoms with Crippen LogP contribution in [0.2, 0.25) is 0 Å². The van der Waals surface area contributed by atoms with Gasteiger partial charge in [-0.25, -0.2) is 14.1 Å². The van der Waals surface area contributed by atoms with E-state index in [-0.39, 0.29) is 17.3 Å². The van der Waals surface area contributed by atoms with Gasteiger partial charge in [0.1, 0.15) is 18.0 Å². The van der Waals surface area contributed by atoms with Gasteiger partial charge in [0.25, 0.3) is 5.91 Å². The number of nitrogens with one attached hydrogen (secondary N) is 1. The Kier molecular flexibility index (Phi) is 5.24. The topological polar surface area (TPSA) is 64.7 Å². The maximum atomic E-state index is 13.7. The molecule has 0 bridgehead atoms. The van der Waals surface area contributed by atoms with E-state index in [0.717, 1.165) is 16.8 Å². The van der Waals surface area contributed by atoms with Gasteiger partial charge in [-0.15, -0.1) is 0 Å². The second-order valence-electron chi connectivity index (χ2n) is 9.12. The monoisotopic (exact) mass is 453 g/mol. The summed E-state index contributed by atoms with van der Waals surface area (Å²) in [4.78, 5) is 17.6. The molecule has 170 valence electrons. The molecular weight excluding hydrogens is 429 g/mol. The lowest BCUT2D eigenvalue weighted by atomic mass is 10.1. The SMILES string of the molecule is CC(C)(C)n1nc(-c2ccccc2)cc1NC(=O)c1ccc2c(c1)ncn2-c1cccc(F)c1. The Labute approximate surface area is 196 Å². The molecule has 6 nitrogen and oxygen atoms in total. The number of rotatable bonds is 4. The predicted molar refractivity (Wildman–Crippen MR) is 132 cm³/mol. The minimum Gasteiger partial charge on any atom is -0.307 e. The van der Waals surface area contributed by atoms with Crippen LogP contribution in [0.4, 0.5) is 10.2 Å². The number of carbonyl (C=O) groups is 1. The van der Waals surface area contributed by atoms with E-state index in [1.807, 2.05) is 74.0 Å². The lowest BCUT2D eigenvalue weighted by molar-refractivity contribution is 0.102. The largest absolute Gasteiger partial charge is 0.307 e. The van der Waals surface area contributed by atoms with Gasteiger partial charge in [-0.1, -0.05) is 36.4 Å². The summed E-state index contributed by atoms with van der Waals surface area (Å²) in [5, 5.41) is 7.76. The van der Waals surface area contributed by atoms with Gasteiger partial charge in [0.15, 0.2) is 0 Å². The minimum atomic E-state index is -0.330. The second-order valence-corrected chi connectivity index (χ2v) is 9.12. The van der Waals surface area contributed by atoms with Crippen LogP contribution in [0.3, 0.4) is 0 Å². The summed E-state index contributed by atoms with van der Waals surface area (Å²) in [5.41, 5.74) is 4.01. The van der Waals surface area contributed by atoms with Crippen LogP contribution >= 0.6 is 0 Å². The molecule has 5 rings (SSSR count). The van der Waals surface area contributed by atoms with E-state index in [0.29, 0.717) is 22.6 Å². The number of amides is 1. The van der Waals surface area contributed by atoms with Crippen molar-refractivity contribution in [1.82, 2.24) is 19.3 Å². The van der Waals surface area contributed by atoms with E-state index in [1.165, 1.54) is 12.1 Å². The van der Waals surface area contributed by atoms with Crippen LogP contribution in [0.5, 0.6) is 0 Å². The summed E-state index contributed by atoms with van der Waals surface area (Å²) < 4.78 is 17.3. The quantitative estimate of drug-likeness (QED) is 0.361. The van der Waals surface area contributed by atoms with Crippen molar-refractivity contribution in [1.29, 1.82) is 0 Å². The zero-order chi connectivity index (χ0) is 23.9. The Morgan fingerprint density at radius 2 is 1.74 bits per heavy atom. The van der Waals surface area contributed by atoms with Gasteiger partial charge in [-0.3, -0.25) is 9.36 Å². The van der Waals surface area contributed by atoms with Gasteiger partial charge < -0.3 is 5.32 Å². The van der Waals surface area contributed by atoms with Gasteiger partial charge in [-0.05, 0) is 57.2 Å². The Balaban J connectivity index is 1.46. The van der Waals surface area contributed by atoms with Crippen molar-refractivity contribution in [3.05, 3.63) is 96.6 Å². The first-order valence-electron chi connectivity index (χ1n) is 11.0. The van der Waals surface area contributed by atoms with Crippen molar-refractivity contribution in [2.45, 2.75) is 26.3 Å². The average molecular weight is 454 g/mol. The summed E-state index contributed by atoms with van der Waals surface area (Å²) in [6.07, 6.45) is 1.63. The summed E-state index contributed by atoms with van der Waals surface area (Å²) in [5.74, 6) is 0.0367. The number of hydrogen-bond acceptors (Lipinski definition) is 3. The van der Waals surface area contributed by atoms with Crippen LogP contribution in [0.15, 0.2) is 85.2 Å². The molecule has 3 aromatic carbocycles. The molecule has 0 unspecified atom stereocenters. The van der Waals surface area contributed by atoms with Crippen LogP contribution in [0.25, 0.3) is 28.0 Å². The molecule has 0 aliphatic carbocycles. The number of hydrogen-bond donors (Lipinski definition) is 1. The maximum Gasteiger partial charge on any atom is 0.256 e. The molecule has 7 heteroatoms. The number of benzene rings is 3. The highest BCUT2D eigenvalue weighted by Gasteiger charge is 2.22. The molecule has 34 heavy (non-hydrogen) atoms. The lowest BCUT2D eigenvalue weighted by Crippen LogP contribution is -2.26. The Hall–Kier alpha value is -4.26. The molecule has 0 fully saturated rings. The van der Waals surface area contributed by atoms with Crippen molar-refractivity contribution in [3.63, 3.8) is 0 Å². The molecule has 5 aromatic rings. The third kappa shape index (κ3) is 4.08. The molecule has 0 spiro atoms. The van der Waals surface area contributed by atoms with Crippen molar-refractivity contribution in [2.24, 2.45) is 0 Å². The number of anilines is 1.